The quantitative estimate of drug-likeness (QED) is 0.173. The summed E-state index contributed by atoms with van der Waals surface area (Å²) in [6.45, 7) is 5.19. The molecule has 0 N–H and O–H groups in total. The molecule has 178 valence electrons. The molecule has 1 atom stereocenters. The zero-order chi connectivity index (χ0) is 24.8. The number of esters is 1. The minimum absolute atomic E-state index is 0.0810. The van der Waals surface area contributed by atoms with Gasteiger partial charge in [-0.1, -0.05) is 35.8 Å². The fourth-order valence-corrected chi connectivity index (χ4v) is 3.54. The number of nitrogens with zero attached hydrogens (tertiary/aromatic N) is 4. The summed E-state index contributed by atoms with van der Waals surface area (Å²) < 4.78 is 12.2. The number of nitro benzene ring substituents is 1. The molecule has 34 heavy (non-hydrogen) atoms. The van der Waals surface area contributed by atoms with Crippen LogP contribution in [-0.2, 0) is 9.53 Å². The molecule has 10 nitrogen and oxygen atoms in total. The molecule has 0 bridgehead atoms. The van der Waals surface area contributed by atoms with Crippen LogP contribution in [0.1, 0.15) is 44.5 Å². The highest BCUT2D eigenvalue weighted by Gasteiger charge is 2.21. The van der Waals surface area contributed by atoms with Gasteiger partial charge < -0.3 is 9.47 Å². The van der Waals surface area contributed by atoms with Crippen LogP contribution in [0.2, 0.25) is 0 Å². The lowest BCUT2D eigenvalue weighted by Crippen LogP contribution is -2.23. The number of hydrogen-bond acceptors (Lipinski definition) is 8. The number of fused-ring (bicyclic) bond motifs is 1. The van der Waals surface area contributed by atoms with E-state index < -0.39 is 17.5 Å². The van der Waals surface area contributed by atoms with Crippen LogP contribution < -0.4 is 10.3 Å². The molecule has 0 saturated carbocycles. The van der Waals surface area contributed by atoms with E-state index in [1.165, 1.54) is 29.1 Å². The number of rotatable bonds is 9. The highest BCUT2D eigenvalue weighted by molar-refractivity contribution is 9.10. The third-order valence-electron chi connectivity index (χ3n) is 5.06. The van der Waals surface area contributed by atoms with Gasteiger partial charge in [0.1, 0.15) is 5.82 Å². The van der Waals surface area contributed by atoms with Crippen molar-refractivity contribution >= 4 is 44.7 Å². The lowest BCUT2D eigenvalue weighted by molar-refractivity contribution is -0.385. The molecular weight excluding hydrogens is 508 g/mol. The zero-order valence-electron chi connectivity index (χ0n) is 18.9. The lowest BCUT2D eigenvalue weighted by Gasteiger charge is -2.14. The van der Waals surface area contributed by atoms with Crippen LogP contribution in [0.3, 0.4) is 0 Å². The average Bonchev–Trinajstić information content (AvgIpc) is 2.82. The number of carbonyl (C=O) groups is 1. The Hall–Kier alpha value is -3.60. The summed E-state index contributed by atoms with van der Waals surface area (Å²) in [6, 6.07) is 9.48. The smallest absolute Gasteiger partial charge is 0.344 e. The Morgan fingerprint density at radius 2 is 2.09 bits per heavy atom. The summed E-state index contributed by atoms with van der Waals surface area (Å²) >= 11 is 3.37. The van der Waals surface area contributed by atoms with Crippen molar-refractivity contribution in [1.82, 2.24) is 9.66 Å². The number of hydrogen-bond donors (Lipinski definition) is 0. The minimum atomic E-state index is -0.664. The molecule has 0 radical (unpaired) electrons. The Balaban J connectivity index is 2.13. The van der Waals surface area contributed by atoms with E-state index in [9.17, 15) is 19.7 Å². The van der Waals surface area contributed by atoms with Gasteiger partial charge in [0, 0.05) is 22.0 Å². The van der Waals surface area contributed by atoms with Gasteiger partial charge in [0.05, 0.1) is 28.6 Å². The number of nitro groups is 1. The normalized spacial score (nSPS) is 12.1. The summed E-state index contributed by atoms with van der Waals surface area (Å²) in [7, 11) is 0. The summed E-state index contributed by atoms with van der Waals surface area (Å²) in [5.74, 6) is -0.442. The molecule has 3 rings (SSSR count). The Bertz CT molecular complexity index is 1320. The third kappa shape index (κ3) is 5.48. The van der Waals surface area contributed by atoms with Crippen molar-refractivity contribution in [1.29, 1.82) is 0 Å². The highest BCUT2D eigenvalue weighted by Crippen LogP contribution is 2.30. The number of para-hydroxylation sites is 1. The van der Waals surface area contributed by atoms with Crippen molar-refractivity contribution in [2.45, 2.75) is 33.1 Å². The first-order valence-corrected chi connectivity index (χ1v) is 11.4. The topological polar surface area (TPSA) is 126 Å². The lowest BCUT2D eigenvalue weighted by atomic mass is 10.1. The maximum absolute atomic E-state index is 13.3. The fraction of sp³-hybridized carbons (Fsp3) is 0.304. The summed E-state index contributed by atoms with van der Waals surface area (Å²) in [6.07, 6.45) is 2.00. The van der Waals surface area contributed by atoms with Crippen LogP contribution in [0.25, 0.3) is 10.9 Å². The van der Waals surface area contributed by atoms with Crippen molar-refractivity contribution in [2.75, 3.05) is 13.2 Å². The van der Waals surface area contributed by atoms with Gasteiger partial charge in [0.15, 0.2) is 6.61 Å². The van der Waals surface area contributed by atoms with Crippen molar-refractivity contribution in [2.24, 2.45) is 5.10 Å². The molecule has 3 aromatic rings. The molecule has 11 heteroatoms. The second-order valence-corrected chi connectivity index (χ2v) is 8.26. The predicted molar refractivity (Wildman–Crippen MR) is 131 cm³/mol. The number of halogens is 1. The molecule has 1 heterocycles. The van der Waals surface area contributed by atoms with Gasteiger partial charge in [-0.2, -0.15) is 9.78 Å². The first-order chi connectivity index (χ1) is 16.3. The van der Waals surface area contributed by atoms with E-state index in [2.05, 4.69) is 26.0 Å². The van der Waals surface area contributed by atoms with Crippen molar-refractivity contribution < 1.29 is 19.2 Å². The summed E-state index contributed by atoms with van der Waals surface area (Å²) in [5, 5.41) is 16.2. The molecule has 2 aromatic carbocycles. The largest absolute Gasteiger partial charge is 0.474 e. The van der Waals surface area contributed by atoms with Crippen LogP contribution in [0.4, 0.5) is 5.69 Å². The van der Waals surface area contributed by atoms with Crippen LogP contribution >= 0.6 is 15.9 Å². The monoisotopic (exact) mass is 530 g/mol. The summed E-state index contributed by atoms with van der Waals surface area (Å²) in [5.41, 5.74) is 0.0409. The SMILES string of the molecule is CCOC(=O)COc1c(C=Nn2c([C@@H](C)CC)nc3ccc(Br)cc3c2=O)cccc1[N+](=O)[O-]. The fourth-order valence-electron chi connectivity index (χ4n) is 3.18. The van der Waals surface area contributed by atoms with Gasteiger partial charge in [-0.3, -0.25) is 14.9 Å². The van der Waals surface area contributed by atoms with Crippen LogP contribution in [0, 0.1) is 10.1 Å². The molecule has 0 fully saturated rings. The van der Waals surface area contributed by atoms with Gasteiger partial charge >= 0.3 is 11.7 Å². The van der Waals surface area contributed by atoms with Gasteiger partial charge in [-0.05, 0) is 37.6 Å². The van der Waals surface area contributed by atoms with Crippen molar-refractivity contribution in [3.05, 3.63) is 72.7 Å². The van der Waals surface area contributed by atoms with Crippen LogP contribution in [0.5, 0.6) is 5.75 Å². The maximum atomic E-state index is 13.3. The van der Waals surface area contributed by atoms with E-state index in [0.29, 0.717) is 23.1 Å². The first-order valence-electron chi connectivity index (χ1n) is 10.6. The number of ether oxygens (including phenoxy) is 2. The van der Waals surface area contributed by atoms with Crippen molar-refractivity contribution in [3.63, 3.8) is 0 Å². The highest BCUT2D eigenvalue weighted by atomic mass is 79.9. The van der Waals surface area contributed by atoms with Crippen LogP contribution in [-0.4, -0.2) is 40.0 Å². The number of aromatic nitrogens is 2. The van der Waals surface area contributed by atoms with Gasteiger partial charge in [0.2, 0.25) is 5.75 Å². The average molecular weight is 531 g/mol. The van der Waals surface area contributed by atoms with Crippen molar-refractivity contribution in [3.8, 4) is 5.75 Å². The molecule has 0 unspecified atom stereocenters. The molecule has 0 spiro atoms. The molecule has 0 aliphatic rings. The Morgan fingerprint density at radius 1 is 1.32 bits per heavy atom. The standard InChI is InChI=1S/C23H23BrN4O6/c1-4-14(3)22-26-18-10-9-16(24)11-17(18)23(30)27(22)25-12-15-7-6-8-19(28(31)32)21(15)34-13-20(29)33-5-2/h6-12,14H,4-5,13H2,1-3H3/t14-/m0/s1. The molecule has 0 aliphatic heterocycles. The van der Waals surface area contributed by atoms with Gasteiger partial charge in [-0.15, -0.1) is 0 Å². The van der Waals surface area contributed by atoms with Gasteiger partial charge in [-0.25, -0.2) is 9.78 Å². The van der Waals surface area contributed by atoms with E-state index in [1.54, 1.807) is 25.1 Å². The van der Waals surface area contributed by atoms with E-state index >= 15 is 0 Å². The molecule has 1 aromatic heterocycles. The Kier molecular flexibility index (Phi) is 8.11. The Labute approximate surface area is 203 Å². The van der Waals surface area contributed by atoms with E-state index in [4.69, 9.17) is 9.47 Å². The van der Waals surface area contributed by atoms with Crippen LogP contribution in [0.15, 0.2) is 50.8 Å². The molecular formula is C23H23BrN4O6. The minimum Gasteiger partial charge on any atom is -0.474 e. The first kappa shape index (κ1) is 25.0. The molecule has 0 amide bonds. The van der Waals surface area contributed by atoms with E-state index in [0.717, 1.165) is 4.47 Å². The summed E-state index contributed by atoms with van der Waals surface area (Å²) in [4.78, 5) is 40.6. The van der Waals surface area contributed by atoms with E-state index in [-0.39, 0.29) is 35.1 Å². The maximum Gasteiger partial charge on any atom is 0.344 e. The molecule has 0 saturated heterocycles. The predicted octanol–water partition coefficient (Wildman–Crippen LogP) is 4.40. The number of carbonyl (C=O) groups excluding carboxylic acids is 1. The second-order valence-electron chi connectivity index (χ2n) is 7.35. The van der Waals surface area contributed by atoms with E-state index in [1.807, 2.05) is 13.8 Å². The van der Waals surface area contributed by atoms with Gasteiger partial charge in [0.25, 0.3) is 5.56 Å². The second kappa shape index (κ2) is 11.0. The molecule has 0 aliphatic carbocycles. The Morgan fingerprint density at radius 3 is 2.76 bits per heavy atom. The third-order valence-corrected chi connectivity index (χ3v) is 5.55. The number of benzene rings is 2. The zero-order valence-corrected chi connectivity index (χ0v) is 20.4.